The van der Waals surface area contributed by atoms with E-state index >= 15 is 0 Å². The maximum Gasteiger partial charge on any atom is 0.226 e. The highest BCUT2D eigenvalue weighted by Crippen LogP contribution is 2.36. The molecule has 1 aromatic rings. The Morgan fingerprint density at radius 2 is 1.68 bits per heavy atom. The van der Waals surface area contributed by atoms with Crippen molar-refractivity contribution in [3.8, 4) is 0 Å². The molecule has 3 rings (SSSR count). The predicted octanol–water partition coefficient (Wildman–Crippen LogP) is 4.75. The van der Waals surface area contributed by atoms with Gasteiger partial charge in [-0.1, -0.05) is 44.9 Å². The monoisotopic (exact) mass is 385 g/mol. The zero-order chi connectivity index (χ0) is 20.1. The van der Waals surface area contributed by atoms with Gasteiger partial charge in [-0.2, -0.15) is 0 Å². The van der Waals surface area contributed by atoms with Crippen molar-refractivity contribution in [3.63, 3.8) is 0 Å². The molecule has 1 amide bonds. The van der Waals surface area contributed by atoms with Crippen LogP contribution in [0.1, 0.15) is 69.9 Å². The minimum Gasteiger partial charge on any atom is -0.326 e. The van der Waals surface area contributed by atoms with E-state index in [1.807, 2.05) is 0 Å². The number of hydrogen-bond acceptors (Lipinski definition) is 3. The number of nitrogens with zero attached hydrogens (tertiary/aromatic N) is 2. The second kappa shape index (κ2) is 9.41. The van der Waals surface area contributed by atoms with Crippen molar-refractivity contribution < 1.29 is 4.79 Å². The van der Waals surface area contributed by atoms with Crippen LogP contribution in [0.4, 0.5) is 5.69 Å². The number of rotatable bonds is 7. The standard InChI is InChI=1S/C24H39N3O/c1-5-27(6-2)24(14-16-26(17-15-24)21-12-7-8-13-21)18-22(28)25-23-19(3)10-9-11-20(23)4/h9-11,21H,5-8,12-18H2,1-4H3,(H,25,28). The van der Waals surface area contributed by atoms with Crippen molar-refractivity contribution in [2.24, 2.45) is 0 Å². The summed E-state index contributed by atoms with van der Waals surface area (Å²) >= 11 is 0. The van der Waals surface area contributed by atoms with Crippen LogP contribution in [0.15, 0.2) is 18.2 Å². The molecule has 0 atom stereocenters. The van der Waals surface area contributed by atoms with Crippen molar-refractivity contribution in [2.75, 3.05) is 31.5 Å². The van der Waals surface area contributed by atoms with Crippen LogP contribution in [0.2, 0.25) is 0 Å². The van der Waals surface area contributed by atoms with E-state index < -0.39 is 0 Å². The van der Waals surface area contributed by atoms with Gasteiger partial charge < -0.3 is 10.2 Å². The lowest BCUT2D eigenvalue weighted by Gasteiger charge is -2.49. The normalized spacial score (nSPS) is 20.6. The molecule has 1 aromatic carbocycles. The number of carbonyl (C=O) groups is 1. The number of carbonyl (C=O) groups excluding carboxylic acids is 1. The Bertz CT molecular complexity index is 634. The molecule has 2 fully saturated rings. The van der Waals surface area contributed by atoms with Gasteiger partial charge in [0.2, 0.25) is 5.91 Å². The molecule has 2 aliphatic rings. The third-order valence-corrected chi connectivity index (χ3v) is 7.24. The Morgan fingerprint density at radius 3 is 2.21 bits per heavy atom. The molecule has 4 nitrogen and oxygen atoms in total. The van der Waals surface area contributed by atoms with E-state index in [-0.39, 0.29) is 11.4 Å². The van der Waals surface area contributed by atoms with Crippen LogP contribution in [-0.4, -0.2) is 53.5 Å². The van der Waals surface area contributed by atoms with Gasteiger partial charge in [0.05, 0.1) is 0 Å². The second-order valence-electron chi connectivity index (χ2n) is 8.86. The minimum atomic E-state index is -0.000717. The predicted molar refractivity (Wildman–Crippen MR) is 118 cm³/mol. The van der Waals surface area contributed by atoms with Crippen LogP contribution in [0.5, 0.6) is 0 Å². The van der Waals surface area contributed by atoms with Crippen molar-refractivity contribution >= 4 is 11.6 Å². The van der Waals surface area contributed by atoms with E-state index in [1.165, 1.54) is 25.7 Å². The summed E-state index contributed by atoms with van der Waals surface area (Å²) in [4.78, 5) is 18.4. The summed E-state index contributed by atoms with van der Waals surface area (Å²) in [7, 11) is 0. The van der Waals surface area contributed by atoms with E-state index in [1.54, 1.807) is 0 Å². The first kappa shape index (κ1) is 21.3. The third kappa shape index (κ3) is 4.60. The lowest BCUT2D eigenvalue weighted by molar-refractivity contribution is -0.120. The van der Waals surface area contributed by atoms with E-state index in [0.29, 0.717) is 6.42 Å². The second-order valence-corrected chi connectivity index (χ2v) is 8.86. The van der Waals surface area contributed by atoms with Crippen LogP contribution in [0.3, 0.4) is 0 Å². The van der Waals surface area contributed by atoms with Gasteiger partial charge in [0.15, 0.2) is 0 Å². The molecule has 0 aromatic heterocycles. The summed E-state index contributed by atoms with van der Waals surface area (Å²) in [5.74, 6) is 0.165. The lowest BCUT2D eigenvalue weighted by Crippen LogP contribution is -2.57. The smallest absolute Gasteiger partial charge is 0.226 e. The van der Waals surface area contributed by atoms with Gasteiger partial charge in [-0.3, -0.25) is 9.69 Å². The largest absolute Gasteiger partial charge is 0.326 e. The number of aryl methyl sites for hydroxylation is 2. The molecule has 1 saturated carbocycles. The summed E-state index contributed by atoms with van der Waals surface area (Å²) in [6, 6.07) is 6.99. The Morgan fingerprint density at radius 1 is 1.11 bits per heavy atom. The molecule has 1 aliphatic heterocycles. The quantitative estimate of drug-likeness (QED) is 0.736. The van der Waals surface area contributed by atoms with Crippen molar-refractivity contribution in [3.05, 3.63) is 29.3 Å². The van der Waals surface area contributed by atoms with Gasteiger partial charge in [0.1, 0.15) is 0 Å². The SMILES string of the molecule is CCN(CC)C1(CC(=O)Nc2c(C)cccc2C)CCN(C2CCCC2)CC1. The Labute approximate surface area is 171 Å². The number of hydrogen-bond donors (Lipinski definition) is 1. The van der Waals surface area contributed by atoms with Crippen LogP contribution in [0.25, 0.3) is 0 Å². The average molecular weight is 386 g/mol. The van der Waals surface area contributed by atoms with E-state index in [2.05, 4.69) is 61.0 Å². The first-order chi connectivity index (χ1) is 13.5. The highest BCUT2D eigenvalue weighted by Gasteiger charge is 2.41. The maximum atomic E-state index is 13.1. The number of amides is 1. The number of anilines is 1. The zero-order valence-electron chi connectivity index (χ0n) is 18.4. The number of para-hydroxylation sites is 1. The average Bonchev–Trinajstić information content (AvgIpc) is 3.21. The molecular formula is C24H39N3O. The summed E-state index contributed by atoms with van der Waals surface area (Å²) in [5.41, 5.74) is 3.27. The first-order valence-electron chi connectivity index (χ1n) is 11.3. The van der Waals surface area contributed by atoms with E-state index in [9.17, 15) is 4.79 Å². The molecular weight excluding hydrogens is 346 g/mol. The fourth-order valence-electron chi connectivity index (χ4n) is 5.57. The van der Waals surface area contributed by atoms with Crippen LogP contribution < -0.4 is 5.32 Å². The molecule has 0 radical (unpaired) electrons. The number of benzene rings is 1. The lowest BCUT2D eigenvalue weighted by atomic mass is 9.81. The van der Waals surface area contributed by atoms with Gasteiger partial charge in [-0.15, -0.1) is 0 Å². The molecule has 1 N–H and O–H groups in total. The van der Waals surface area contributed by atoms with Gasteiger partial charge in [-0.05, 0) is 63.7 Å². The van der Waals surface area contributed by atoms with E-state index in [0.717, 1.165) is 61.9 Å². The van der Waals surface area contributed by atoms with Crippen LogP contribution in [0, 0.1) is 13.8 Å². The highest BCUT2D eigenvalue weighted by atomic mass is 16.1. The van der Waals surface area contributed by atoms with Crippen LogP contribution in [-0.2, 0) is 4.79 Å². The molecule has 0 spiro atoms. The fourth-order valence-corrected chi connectivity index (χ4v) is 5.57. The molecule has 156 valence electrons. The number of piperidine rings is 1. The fraction of sp³-hybridized carbons (Fsp3) is 0.708. The highest BCUT2D eigenvalue weighted by molar-refractivity contribution is 5.93. The first-order valence-corrected chi connectivity index (χ1v) is 11.3. The molecule has 0 unspecified atom stereocenters. The summed E-state index contributed by atoms with van der Waals surface area (Å²) in [5, 5.41) is 3.24. The Balaban J connectivity index is 1.71. The minimum absolute atomic E-state index is 0.000717. The summed E-state index contributed by atoms with van der Waals surface area (Å²) in [6.45, 7) is 12.9. The Kier molecular flexibility index (Phi) is 7.16. The molecule has 1 aliphatic carbocycles. The molecule has 1 heterocycles. The number of nitrogens with one attached hydrogen (secondary N) is 1. The molecule has 4 heteroatoms. The topological polar surface area (TPSA) is 35.6 Å². The molecule has 1 saturated heterocycles. The van der Waals surface area contributed by atoms with E-state index in [4.69, 9.17) is 0 Å². The van der Waals surface area contributed by atoms with Gasteiger partial charge in [-0.25, -0.2) is 0 Å². The molecule has 28 heavy (non-hydrogen) atoms. The van der Waals surface area contributed by atoms with Gasteiger partial charge in [0.25, 0.3) is 0 Å². The maximum absolute atomic E-state index is 13.1. The number of likely N-dealkylation sites (tertiary alicyclic amines) is 1. The van der Waals surface area contributed by atoms with Crippen molar-refractivity contribution in [1.82, 2.24) is 9.80 Å². The zero-order valence-corrected chi connectivity index (χ0v) is 18.4. The molecule has 0 bridgehead atoms. The van der Waals surface area contributed by atoms with Gasteiger partial charge >= 0.3 is 0 Å². The van der Waals surface area contributed by atoms with Gasteiger partial charge in [0, 0.05) is 36.8 Å². The van der Waals surface area contributed by atoms with Crippen LogP contribution >= 0.6 is 0 Å². The summed E-state index contributed by atoms with van der Waals surface area (Å²) in [6.07, 6.45) is 8.31. The summed E-state index contributed by atoms with van der Waals surface area (Å²) < 4.78 is 0. The Hall–Kier alpha value is -1.39. The van der Waals surface area contributed by atoms with Crippen molar-refractivity contribution in [2.45, 2.75) is 84.2 Å². The third-order valence-electron chi connectivity index (χ3n) is 7.24. The van der Waals surface area contributed by atoms with Crippen molar-refractivity contribution in [1.29, 1.82) is 0 Å².